The summed E-state index contributed by atoms with van der Waals surface area (Å²) in [6, 6.07) is 1.81. The number of nitrogens with zero attached hydrogens (tertiary/aromatic N) is 2. The van der Waals surface area contributed by atoms with Gasteiger partial charge in [-0.25, -0.2) is 4.98 Å². The van der Waals surface area contributed by atoms with E-state index in [-0.39, 0.29) is 5.38 Å². The summed E-state index contributed by atoms with van der Waals surface area (Å²) < 4.78 is 10.4. The lowest BCUT2D eigenvalue weighted by Gasteiger charge is -2.11. The second-order valence-electron chi connectivity index (χ2n) is 3.95. The van der Waals surface area contributed by atoms with Crippen LogP contribution in [0.1, 0.15) is 19.0 Å². The van der Waals surface area contributed by atoms with E-state index in [2.05, 4.69) is 22.2 Å². The highest BCUT2D eigenvalue weighted by molar-refractivity contribution is 6.21. The summed E-state index contributed by atoms with van der Waals surface area (Å²) in [6.45, 7) is 5.64. The van der Waals surface area contributed by atoms with Crippen LogP contribution in [0.25, 0.3) is 0 Å². The molecule has 18 heavy (non-hydrogen) atoms. The van der Waals surface area contributed by atoms with Crippen LogP contribution in [0, 0.1) is 6.92 Å². The molecule has 1 aromatic heterocycles. The average molecular weight is 274 g/mol. The fourth-order valence-electron chi connectivity index (χ4n) is 1.34. The normalized spacial score (nSPS) is 12.2. The predicted octanol–water partition coefficient (Wildman–Crippen LogP) is 2.24. The number of hydrogen-bond donors (Lipinski definition) is 1. The van der Waals surface area contributed by atoms with E-state index in [0.717, 1.165) is 12.1 Å². The number of anilines is 1. The van der Waals surface area contributed by atoms with Gasteiger partial charge in [-0.3, -0.25) is 0 Å². The third-order valence-electron chi connectivity index (χ3n) is 2.11. The number of hydrogen-bond acceptors (Lipinski definition) is 5. The molecule has 1 unspecified atom stereocenters. The quantitative estimate of drug-likeness (QED) is 0.736. The minimum absolute atomic E-state index is 0.112. The molecule has 1 aromatic rings. The zero-order chi connectivity index (χ0) is 13.4. The smallest absolute Gasteiger partial charge is 0.226 e. The Labute approximate surface area is 113 Å². The van der Waals surface area contributed by atoms with Crippen molar-refractivity contribution in [3.8, 4) is 5.88 Å². The predicted molar refractivity (Wildman–Crippen MR) is 72.6 cm³/mol. The van der Waals surface area contributed by atoms with Crippen LogP contribution >= 0.6 is 11.6 Å². The molecule has 1 atom stereocenters. The molecule has 6 heteroatoms. The molecule has 0 radical (unpaired) electrons. The number of halogens is 1. The molecule has 0 aliphatic heterocycles. The Morgan fingerprint density at radius 3 is 2.89 bits per heavy atom. The summed E-state index contributed by atoms with van der Waals surface area (Å²) in [7, 11) is 1.62. The summed E-state index contributed by atoms with van der Waals surface area (Å²) >= 11 is 6.02. The lowest BCUT2D eigenvalue weighted by atomic mass is 10.4. The number of aryl methyl sites for hydroxylation is 1. The largest absolute Gasteiger partial charge is 0.478 e. The molecule has 0 saturated carbocycles. The third-order valence-corrected chi connectivity index (χ3v) is 2.39. The Bertz CT molecular complexity index is 363. The first-order chi connectivity index (χ1) is 8.65. The molecule has 0 spiro atoms. The lowest BCUT2D eigenvalue weighted by molar-refractivity contribution is 0.200. The number of alkyl halides is 1. The zero-order valence-electron chi connectivity index (χ0n) is 11.1. The molecule has 1 N–H and O–H groups in total. The monoisotopic (exact) mass is 273 g/mol. The van der Waals surface area contributed by atoms with Crippen molar-refractivity contribution in [2.45, 2.75) is 25.6 Å². The van der Waals surface area contributed by atoms with E-state index in [1.54, 1.807) is 7.11 Å². The number of rotatable bonds is 8. The van der Waals surface area contributed by atoms with Crippen LogP contribution in [0.5, 0.6) is 5.88 Å². The van der Waals surface area contributed by atoms with Crippen LogP contribution in [0.3, 0.4) is 0 Å². The van der Waals surface area contributed by atoms with E-state index in [0.29, 0.717) is 31.6 Å². The van der Waals surface area contributed by atoms with Gasteiger partial charge in [0.2, 0.25) is 11.8 Å². The Morgan fingerprint density at radius 1 is 1.44 bits per heavy atom. The van der Waals surface area contributed by atoms with Crippen LogP contribution in [-0.4, -0.2) is 42.2 Å². The highest BCUT2D eigenvalue weighted by Crippen LogP contribution is 2.12. The van der Waals surface area contributed by atoms with Gasteiger partial charge >= 0.3 is 0 Å². The third kappa shape index (κ3) is 5.51. The highest BCUT2D eigenvalue weighted by Gasteiger charge is 2.07. The molecule has 0 amide bonds. The molecule has 1 heterocycles. The van der Waals surface area contributed by atoms with Crippen LogP contribution < -0.4 is 10.1 Å². The molecule has 0 fully saturated rings. The number of ether oxygens (including phenoxy) is 2. The van der Waals surface area contributed by atoms with Crippen molar-refractivity contribution in [2.75, 3.05) is 32.2 Å². The van der Waals surface area contributed by atoms with Crippen LogP contribution in [0.4, 0.5) is 5.95 Å². The van der Waals surface area contributed by atoms with E-state index < -0.39 is 0 Å². The molecule has 102 valence electrons. The fourth-order valence-corrected chi connectivity index (χ4v) is 1.54. The van der Waals surface area contributed by atoms with Gasteiger partial charge in [-0.2, -0.15) is 4.98 Å². The molecule has 0 saturated heterocycles. The summed E-state index contributed by atoms with van der Waals surface area (Å²) in [6.07, 6.45) is 0.948. The Morgan fingerprint density at radius 2 is 2.22 bits per heavy atom. The zero-order valence-corrected chi connectivity index (χ0v) is 11.8. The molecular formula is C12H20ClN3O2. The number of methoxy groups -OCH3 is 1. The van der Waals surface area contributed by atoms with E-state index in [4.69, 9.17) is 21.1 Å². The van der Waals surface area contributed by atoms with Gasteiger partial charge in [0.15, 0.2) is 0 Å². The standard InChI is InChI=1S/C12H20ClN3O2/c1-4-5-18-11-6-9(2)15-12(16-11)14-7-10(13)8-17-3/h6,10H,4-5,7-8H2,1-3H3,(H,14,15,16). The minimum Gasteiger partial charge on any atom is -0.478 e. The van der Waals surface area contributed by atoms with Crippen molar-refractivity contribution in [3.63, 3.8) is 0 Å². The first kappa shape index (κ1) is 15.0. The van der Waals surface area contributed by atoms with Crippen LogP contribution in [0.2, 0.25) is 0 Å². The van der Waals surface area contributed by atoms with E-state index in [1.807, 2.05) is 13.0 Å². The van der Waals surface area contributed by atoms with E-state index >= 15 is 0 Å². The maximum Gasteiger partial charge on any atom is 0.226 e. The van der Waals surface area contributed by atoms with Gasteiger partial charge in [-0.1, -0.05) is 6.92 Å². The Balaban J connectivity index is 2.56. The average Bonchev–Trinajstić information content (AvgIpc) is 2.34. The second-order valence-corrected chi connectivity index (χ2v) is 4.57. The van der Waals surface area contributed by atoms with Gasteiger partial charge in [-0.05, 0) is 13.3 Å². The van der Waals surface area contributed by atoms with Gasteiger partial charge in [0.25, 0.3) is 0 Å². The summed E-state index contributed by atoms with van der Waals surface area (Å²) in [5, 5.41) is 2.96. The van der Waals surface area contributed by atoms with Crippen molar-refractivity contribution in [1.82, 2.24) is 9.97 Å². The Kier molecular flexibility index (Phi) is 6.75. The van der Waals surface area contributed by atoms with Crippen molar-refractivity contribution in [1.29, 1.82) is 0 Å². The minimum atomic E-state index is -0.112. The molecule has 0 aliphatic rings. The molecular weight excluding hydrogens is 254 g/mol. The topological polar surface area (TPSA) is 56.3 Å². The van der Waals surface area contributed by atoms with Crippen molar-refractivity contribution in [2.24, 2.45) is 0 Å². The first-order valence-electron chi connectivity index (χ1n) is 6.01. The van der Waals surface area contributed by atoms with Gasteiger partial charge < -0.3 is 14.8 Å². The number of nitrogens with one attached hydrogen (secondary N) is 1. The molecule has 1 rings (SSSR count). The van der Waals surface area contributed by atoms with Crippen LogP contribution in [-0.2, 0) is 4.74 Å². The SMILES string of the molecule is CCCOc1cc(C)nc(NCC(Cl)COC)n1. The number of aromatic nitrogens is 2. The summed E-state index contributed by atoms with van der Waals surface area (Å²) in [4.78, 5) is 8.53. The molecule has 0 aromatic carbocycles. The van der Waals surface area contributed by atoms with E-state index in [1.165, 1.54) is 0 Å². The fraction of sp³-hybridized carbons (Fsp3) is 0.667. The van der Waals surface area contributed by atoms with Crippen molar-refractivity contribution >= 4 is 17.5 Å². The van der Waals surface area contributed by atoms with Crippen molar-refractivity contribution < 1.29 is 9.47 Å². The molecule has 0 bridgehead atoms. The van der Waals surface area contributed by atoms with E-state index in [9.17, 15) is 0 Å². The maximum atomic E-state index is 6.02. The maximum absolute atomic E-state index is 6.02. The van der Waals surface area contributed by atoms with Gasteiger partial charge in [0, 0.05) is 25.4 Å². The molecule has 0 aliphatic carbocycles. The van der Waals surface area contributed by atoms with Crippen LogP contribution in [0.15, 0.2) is 6.07 Å². The Hall–Kier alpha value is -1.07. The summed E-state index contributed by atoms with van der Waals surface area (Å²) in [5.41, 5.74) is 0.858. The second kappa shape index (κ2) is 8.11. The molecule has 5 nitrogen and oxygen atoms in total. The highest BCUT2D eigenvalue weighted by atomic mass is 35.5. The lowest BCUT2D eigenvalue weighted by Crippen LogP contribution is -2.20. The van der Waals surface area contributed by atoms with Gasteiger partial charge in [0.05, 0.1) is 18.6 Å². The van der Waals surface area contributed by atoms with Gasteiger partial charge in [0.1, 0.15) is 0 Å². The summed E-state index contributed by atoms with van der Waals surface area (Å²) in [5.74, 6) is 1.12. The first-order valence-corrected chi connectivity index (χ1v) is 6.44. The van der Waals surface area contributed by atoms with Crippen molar-refractivity contribution in [3.05, 3.63) is 11.8 Å². The van der Waals surface area contributed by atoms with Gasteiger partial charge in [-0.15, -0.1) is 11.6 Å².